The highest BCUT2D eigenvalue weighted by molar-refractivity contribution is 7.99. The number of rotatable bonds is 5. The zero-order valence-corrected chi connectivity index (χ0v) is 14.0. The zero-order valence-electron chi connectivity index (χ0n) is 13.2. The van der Waals surface area contributed by atoms with E-state index in [2.05, 4.69) is 31.4 Å². The SMILES string of the molecule is CCSC1CCCC1NC(=O)C(C)(C)C1CCCNC1. The van der Waals surface area contributed by atoms with Gasteiger partial charge in [0.2, 0.25) is 5.91 Å². The van der Waals surface area contributed by atoms with E-state index in [0.717, 1.165) is 25.3 Å². The molecule has 1 amide bonds. The van der Waals surface area contributed by atoms with Crippen molar-refractivity contribution in [2.45, 2.75) is 64.2 Å². The lowest BCUT2D eigenvalue weighted by Gasteiger charge is -2.37. The number of nitrogens with one attached hydrogen (secondary N) is 2. The summed E-state index contributed by atoms with van der Waals surface area (Å²) in [5, 5.41) is 7.43. The number of carbonyl (C=O) groups is 1. The van der Waals surface area contributed by atoms with Crippen molar-refractivity contribution < 1.29 is 4.79 Å². The molecule has 0 aromatic heterocycles. The molecule has 2 rings (SSSR count). The number of piperidine rings is 1. The summed E-state index contributed by atoms with van der Waals surface area (Å²) in [6.07, 6.45) is 6.04. The van der Waals surface area contributed by atoms with Crippen LogP contribution in [0.25, 0.3) is 0 Å². The van der Waals surface area contributed by atoms with Gasteiger partial charge in [0.1, 0.15) is 0 Å². The van der Waals surface area contributed by atoms with Crippen LogP contribution in [0.15, 0.2) is 0 Å². The minimum Gasteiger partial charge on any atom is -0.352 e. The minimum atomic E-state index is -0.253. The number of amides is 1. The monoisotopic (exact) mass is 298 g/mol. The smallest absolute Gasteiger partial charge is 0.226 e. The van der Waals surface area contributed by atoms with E-state index < -0.39 is 0 Å². The lowest BCUT2D eigenvalue weighted by atomic mass is 9.74. The van der Waals surface area contributed by atoms with E-state index in [1.54, 1.807) is 0 Å². The Morgan fingerprint density at radius 2 is 2.10 bits per heavy atom. The van der Waals surface area contributed by atoms with Crippen LogP contribution >= 0.6 is 11.8 Å². The maximum Gasteiger partial charge on any atom is 0.226 e. The molecule has 116 valence electrons. The van der Waals surface area contributed by atoms with Gasteiger partial charge in [0, 0.05) is 16.7 Å². The predicted octanol–water partition coefficient (Wildman–Crippen LogP) is 2.80. The van der Waals surface area contributed by atoms with Gasteiger partial charge in [-0.25, -0.2) is 0 Å². The Morgan fingerprint density at radius 1 is 1.30 bits per heavy atom. The van der Waals surface area contributed by atoms with Crippen molar-refractivity contribution in [3.8, 4) is 0 Å². The Hall–Kier alpha value is -0.220. The van der Waals surface area contributed by atoms with E-state index in [4.69, 9.17) is 0 Å². The summed E-state index contributed by atoms with van der Waals surface area (Å²) < 4.78 is 0. The molecule has 1 aliphatic heterocycles. The van der Waals surface area contributed by atoms with Crippen LogP contribution in [0.3, 0.4) is 0 Å². The van der Waals surface area contributed by atoms with Gasteiger partial charge in [0.15, 0.2) is 0 Å². The normalized spacial score (nSPS) is 31.2. The Morgan fingerprint density at radius 3 is 2.75 bits per heavy atom. The second-order valence-electron chi connectivity index (χ2n) is 6.77. The van der Waals surface area contributed by atoms with Gasteiger partial charge in [0.05, 0.1) is 0 Å². The van der Waals surface area contributed by atoms with Crippen molar-refractivity contribution in [3.05, 3.63) is 0 Å². The van der Waals surface area contributed by atoms with Crippen LogP contribution in [-0.4, -0.2) is 36.0 Å². The third kappa shape index (κ3) is 3.70. The van der Waals surface area contributed by atoms with Gasteiger partial charge in [-0.15, -0.1) is 0 Å². The average molecular weight is 298 g/mol. The van der Waals surface area contributed by atoms with Gasteiger partial charge in [-0.1, -0.05) is 27.2 Å². The van der Waals surface area contributed by atoms with Crippen LogP contribution in [0.2, 0.25) is 0 Å². The molecule has 1 saturated carbocycles. The predicted molar refractivity (Wildman–Crippen MR) is 87.1 cm³/mol. The van der Waals surface area contributed by atoms with Crippen molar-refractivity contribution >= 4 is 17.7 Å². The van der Waals surface area contributed by atoms with Crippen LogP contribution in [0.4, 0.5) is 0 Å². The molecule has 2 aliphatic rings. The molecule has 3 nitrogen and oxygen atoms in total. The van der Waals surface area contributed by atoms with E-state index in [-0.39, 0.29) is 11.3 Å². The topological polar surface area (TPSA) is 41.1 Å². The lowest BCUT2D eigenvalue weighted by molar-refractivity contribution is -0.133. The molecule has 3 unspecified atom stereocenters. The maximum absolute atomic E-state index is 12.7. The second kappa shape index (κ2) is 7.17. The van der Waals surface area contributed by atoms with Crippen molar-refractivity contribution in [3.63, 3.8) is 0 Å². The van der Waals surface area contributed by atoms with Gasteiger partial charge < -0.3 is 10.6 Å². The molecule has 20 heavy (non-hydrogen) atoms. The maximum atomic E-state index is 12.7. The third-order valence-corrected chi connectivity index (χ3v) is 6.38. The Balaban J connectivity index is 1.92. The summed E-state index contributed by atoms with van der Waals surface area (Å²) >= 11 is 2.01. The first-order valence-corrected chi connectivity index (χ1v) is 9.24. The molecule has 1 aliphatic carbocycles. The molecule has 2 fully saturated rings. The lowest BCUT2D eigenvalue weighted by Crippen LogP contribution is -2.51. The average Bonchev–Trinajstić information content (AvgIpc) is 2.87. The van der Waals surface area contributed by atoms with Crippen LogP contribution in [0.5, 0.6) is 0 Å². The van der Waals surface area contributed by atoms with E-state index in [0.29, 0.717) is 17.2 Å². The largest absolute Gasteiger partial charge is 0.352 e. The van der Waals surface area contributed by atoms with E-state index in [1.807, 2.05) is 11.8 Å². The molecule has 1 heterocycles. The third-order valence-electron chi connectivity index (χ3n) is 5.05. The highest BCUT2D eigenvalue weighted by Crippen LogP contribution is 2.34. The summed E-state index contributed by atoms with van der Waals surface area (Å²) in [6.45, 7) is 8.54. The first-order valence-electron chi connectivity index (χ1n) is 8.19. The summed E-state index contributed by atoms with van der Waals surface area (Å²) in [4.78, 5) is 12.7. The van der Waals surface area contributed by atoms with Crippen LogP contribution < -0.4 is 10.6 Å². The molecule has 0 radical (unpaired) electrons. The molecular weight excluding hydrogens is 268 g/mol. The number of carbonyl (C=O) groups excluding carboxylic acids is 1. The summed E-state index contributed by atoms with van der Waals surface area (Å²) in [5.41, 5.74) is -0.253. The molecule has 0 bridgehead atoms. The Bertz CT molecular complexity index is 326. The standard InChI is InChI=1S/C16H30N2OS/c1-4-20-14-9-5-8-13(14)18-15(19)16(2,3)12-7-6-10-17-11-12/h12-14,17H,4-11H2,1-3H3,(H,18,19). The molecule has 2 N–H and O–H groups in total. The molecule has 1 saturated heterocycles. The number of hydrogen-bond donors (Lipinski definition) is 2. The minimum absolute atomic E-state index is 0.253. The fraction of sp³-hybridized carbons (Fsp3) is 0.938. The number of hydrogen-bond acceptors (Lipinski definition) is 3. The van der Waals surface area contributed by atoms with Crippen molar-refractivity contribution in [1.29, 1.82) is 0 Å². The summed E-state index contributed by atoms with van der Waals surface area (Å²) in [5.74, 6) is 1.88. The summed E-state index contributed by atoms with van der Waals surface area (Å²) in [6, 6.07) is 0.392. The van der Waals surface area contributed by atoms with Crippen molar-refractivity contribution in [2.24, 2.45) is 11.3 Å². The quantitative estimate of drug-likeness (QED) is 0.820. The molecule has 3 atom stereocenters. The molecule has 0 spiro atoms. The van der Waals surface area contributed by atoms with E-state index >= 15 is 0 Å². The van der Waals surface area contributed by atoms with E-state index in [9.17, 15) is 4.79 Å². The van der Waals surface area contributed by atoms with Gasteiger partial charge in [0.25, 0.3) is 0 Å². The van der Waals surface area contributed by atoms with Gasteiger partial charge in [-0.2, -0.15) is 11.8 Å². The molecular formula is C16H30N2OS. The Labute approximate surface area is 128 Å². The van der Waals surface area contributed by atoms with Gasteiger partial charge >= 0.3 is 0 Å². The number of thioether (sulfide) groups is 1. The van der Waals surface area contributed by atoms with Crippen LogP contribution in [0, 0.1) is 11.3 Å². The van der Waals surface area contributed by atoms with Crippen molar-refractivity contribution in [1.82, 2.24) is 10.6 Å². The fourth-order valence-electron chi connectivity index (χ4n) is 3.51. The van der Waals surface area contributed by atoms with Gasteiger partial charge in [-0.3, -0.25) is 4.79 Å². The summed E-state index contributed by atoms with van der Waals surface area (Å²) in [7, 11) is 0. The first-order chi connectivity index (χ1) is 9.55. The fourth-order valence-corrected chi connectivity index (χ4v) is 4.71. The Kier molecular flexibility index (Phi) is 5.79. The van der Waals surface area contributed by atoms with Crippen LogP contribution in [0.1, 0.15) is 52.9 Å². The molecule has 0 aromatic rings. The molecule has 0 aromatic carbocycles. The van der Waals surface area contributed by atoms with Crippen molar-refractivity contribution in [2.75, 3.05) is 18.8 Å². The second-order valence-corrected chi connectivity index (χ2v) is 8.29. The highest BCUT2D eigenvalue weighted by Gasteiger charge is 2.39. The van der Waals surface area contributed by atoms with Gasteiger partial charge in [-0.05, 0) is 50.4 Å². The van der Waals surface area contributed by atoms with Crippen LogP contribution in [-0.2, 0) is 4.79 Å². The van der Waals surface area contributed by atoms with E-state index in [1.165, 1.54) is 25.7 Å². The zero-order chi connectivity index (χ0) is 14.6. The first kappa shape index (κ1) is 16.2. The molecule has 4 heteroatoms. The highest BCUT2D eigenvalue weighted by atomic mass is 32.2.